The topological polar surface area (TPSA) is 57.4 Å². The van der Waals surface area contributed by atoms with E-state index in [1.165, 1.54) is 0 Å². The highest BCUT2D eigenvalue weighted by atomic mass is 16.5. The van der Waals surface area contributed by atoms with Gasteiger partial charge in [-0.2, -0.15) is 4.98 Å². The van der Waals surface area contributed by atoms with Crippen molar-refractivity contribution >= 4 is 0 Å². The molecule has 118 valence electrons. The number of hydrogen-bond acceptors (Lipinski definition) is 5. The largest absolute Gasteiger partial charge is 0.497 e. The number of ether oxygens (including phenoxy) is 2. The quantitative estimate of drug-likeness (QED) is 0.683. The Morgan fingerprint density at radius 3 is 2.57 bits per heavy atom. The molecular formula is C18H18N2O3. The Balaban J connectivity index is 1.83. The fourth-order valence-corrected chi connectivity index (χ4v) is 2.14. The highest BCUT2D eigenvalue weighted by Crippen LogP contribution is 2.26. The Labute approximate surface area is 134 Å². The molecule has 0 aliphatic rings. The van der Waals surface area contributed by atoms with Gasteiger partial charge < -0.3 is 14.0 Å². The van der Waals surface area contributed by atoms with E-state index in [1.54, 1.807) is 7.11 Å². The van der Waals surface area contributed by atoms with Gasteiger partial charge in [-0.1, -0.05) is 18.1 Å². The summed E-state index contributed by atoms with van der Waals surface area (Å²) in [5.74, 6) is 2.60. The average molecular weight is 310 g/mol. The maximum atomic E-state index is 5.63. The van der Waals surface area contributed by atoms with Crippen LogP contribution in [0.25, 0.3) is 22.8 Å². The van der Waals surface area contributed by atoms with Crippen LogP contribution in [-0.2, 0) is 0 Å². The zero-order chi connectivity index (χ0) is 16.1. The van der Waals surface area contributed by atoms with Gasteiger partial charge in [0, 0.05) is 11.1 Å². The third kappa shape index (κ3) is 3.51. The van der Waals surface area contributed by atoms with Gasteiger partial charge in [-0.3, -0.25) is 0 Å². The number of rotatable bonds is 6. The molecule has 0 atom stereocenters. The van der Waals surface area contributed by atoms with Crippen molar-refractivity contribution in [2.75, 3.05) is 13.7 Å². The molecule has 0 bridgehead atoms. The van der Waals surface area contributed by atoms with E-state index in [-0.39, 0.29) is 0 Å². The zero-order valence-corrected chi connectivity index (χ0v) is 13.2. The normalized spacial score (nSPS) is 10.5. The van der Waals surface area contributed by atoms with E-state index in [1.807, 2.05) is 48.5 Å². The maximum absolute atomic E-state index is 5.63. The van der Waals surface area contributed by atoms with Gasteiger partial charge in [0.05, 0.1) is 13.7 Å². The molecule has 2 aromatic carbocycles. The van der Waals surface area contributed by atoms with Crippen LogP contribution in [0.4, 0.5) is 0 Å². The summed E-state index contributed by atoms with van der Waals surface area (Å²) in [4.78, 5) is 4.45. The molecule has 0 N–H and O–H groups in total. The Bertz CT molecular complexity index is 766. The molecule has 3 aromatic rings. The molecule has 0 aliphatic carbocycles. The molecule has 3 rings (SSSR count). The summed E-state index contributed by atoms with van der Waals surface area (Å²) in [6.45, 7) is 2.76. The third-order valence-corrected chi connectivity index (χ3v) is 3.33. The molecule has 23 heavy (non-hydrogen) atoms. The monoisotopic (exact) mass is 310 g/mol. The summed E-state index contributed by atoms with van der Waals surface area (Å²) >= 11 is 0. The summed E-state index contributed by atoms with van der Waals surface area (Å²) in [5, 5.41) is 4.04. The number of hydrogen-bond donors (Lipinski definition) is 0. The van der Waals surface area contributed by atoms with Gasteiger partial charge in [-0.15, -0.1) is 0 Å². The van der Waals surface area contributed by atoms with Crippen molar-refractivity contribution < 1.29 is 14.0 Å². The predicted octanol–water partition coefficient (Wildman–Crippen LogP) is 4.20. The lowest BCUT2D eigenvalue weighted by Gasteiger charge is -2.04. The minimum Gasteiger partial charge on any atom is -0.497 e. The van der Waals surface area contributed by atoms with Crippen molar-refractivity contribution in [3.8, 4) is 34.3 Å². The Hall–Kier alpha value is -2.82. The van der Waals surface area contributed by atoms with E-state index in [2.05, 4.69) is 17.1 Å². The number of methoxy groups -OCH3 is 1. The molecule has 1 heterocycles. The fourth-order valence-electron chi connectivity index (χ4n) is 2.14. The summed E-state index contributed by atoms with van der Waals surface area (Å²) in [5.41, 5.74) is 1.71. The van der Waals surface area contributed by atoms with Gasteiger partial charge in [0.1, 0.15) is 11.5 Å². The van der Waals surface area contributed by atoms with E-state index in [0.29, 0.717) is 18.3 Å². The Morgan fingerprint density at radius 1 is 1.00 bits per heavy atom. The smallest absolute Gasteiger partial charge is 0.258 e. The van der Waals surface area contributed by atoms with Crippen LogP contribution in [-0.4, -0.2) is 23.9 Å². The minimum atomic E-state index is 0.470. The molecule has 5 heteroatoms. The standard InChI is InChI=1S/C18H18N2O3/c1-3-11-22-16-6-4-5-14(12-16)18-19-17(20-23-18)13-7-9-15(21-2)10-8-13/h4-10,12H,3,11H2,1-2H3. The zero-order valence-electron chi connectivity index (χ0n) is 13.2. The van der Waals surface area contributed by atoms with Crippen molar-refractivity contribution in [1.82, 2.24) is 10.1 Å². The second-order valence-electron chi connectivity index (χ2n) is 5.03. The van der Waals surface area contributed by atoms with E-state index in [9.17, 15) is 0 Å². The lowest BCUT2D eigenvalue weighted by molar-refractivity contribution is 0.317. The first-order valence-corrected chi connectivity index (χ1v) is 7.51. The molecule has 0 saturated heterocycles. The second kappa shape index (κ2) is 6.96. The van der Waals surface area contributed by atoms with Crippen LogP contribution in [0.5, 0.6) is 11.5 Å². The van der Waals surface area contributed by atoms with Crippen LogP contribution >= 0.6 is 0 Å². The van der Waals surface area contributed by atoms with Crippen molar-refractivity contribution in [3.63, 3.8) is 0 Å². The molecule has 0 radical (unpaired) electrons. The lowest BCUT2D eigenvalue weighted by Crippen LogP contribution is -1.94. The minimum absolute atomic E-state index is 0.470. The Morgan fingerprint density at radius 2 is 1.83 bits per heavy atom. The van der Waals surface area contributed by atoms with E-state index in [0.717, 1.165) is 29.0 Å². The molecule has 1 aromatic heterocycles. The van der Waals surface area contributed by atoms with Crippen LogP contribution < -0.4 is 9.47 Å². The molecular weight excluding hydrogens is 292 g/mol. The van der Waals surface area contributed by atoms with Crippen molar-refractivity contribution in [2.24, 2.45) is 0 Å². The molecule has 0 saturated carbocycles. The van der Waals surface area contributed by atoms with Crippen LogP contribution in [0.15, 0.2) is 53.1 Å². The van der Waals surface area contributed by atoms with Gasteiger partial charge in [0.15, 0.2) is 0 Å². The average Bonchev–Trinajstić information content (AvgIpc) is 3.10. The number of benzene rings is 2. The van der Waals surface area contributed by atoms with Gasteiger partial charge in [-0.25, -0.2) is 0 Å². The van der Waals surface area contributed by atoms with Crippen molar-refractivity contribution in [1.29, 1.82) is 0 Å². The highest BCUT2D eigenvalue weighted by molar-refractivity contribution is 5.61. The van der Waals surface area contributed by atoms with Crippen molar-refractivity contribution in [3.05, 3.63) is 48.5 Å². The second-order valence-corrected chi connectivity index (χ2v) is 5.03. The summed E-state index contributed by atoms with van der Waals surface area (Å²) in [6.07, 6.45) is 0.965. The summed E-state index contributed by atoms with van der Waals surface area (Å²) in [7, 11) is 1.63. The van der Waals surface area contributed by atoms with E-state index in [4.69, 9.17) is 14.0 Å². The van der Waals surface area contributed by atoms with E-state index < -0.39 is 0 Å². The lowest BCUT2D eigenvalue weighted by atomic mass is 10.2. The Kier molecular flexibility index (Phi) is 4.57. The SMILES string of the molecule is CCCOc1cccc(-c2nc(-c3ccc(OC)cc3)no2)c1. The van der Waals surface area contributed by atoms with Crippen LogP contribution in [0.2, 0.25) is 0 Å². The number of aromatic nitrogens is 2. The van der Waals surface area contributed by atoms with Crippen LogP contribution in [0.3, 0.4) is 0 Å². The first-order chi connectivity index (χ1) is 11.3. The predicted molar refractivity (Wildman–Crippen MR) is 87.5 cm³/mol. The molecule has 0 aliphatic heterocycles. The van der Waals surface area contributed by atoms with Gasteiger partial charge in [-0.05, 0) is 48.9 Å². The first-order valence-electron chi connectivity index (χ1n) is 7.51. The molecule has 0 fully saturated rings. The highest BCUT2D eigenvalue weighted by Gasteiger charge is 2.11. The van der Waals surface area contributed by atoms with Crippen LogP contribution in [0, 0.1) is 0 Å². The third-order valence-electron chi connectivity index (χ3n) is 3.33. The van der Waals surface area contributed by atoms with Crippen molar-refractivity contribution in [2.45, 2.75) is 13.3 Å². The maximum Gasteiger partial charge on any atom is 0.258 e. The fraction of sp³-hybridized carbons (Fsp3) is 0.222. The van der Waals surface area contributed by atoms with Gasteiger partial charge in [0.25, 0.3) is 5.89 Å². The van der Waals surface area contributed by atoms with E-state index >= 15 is 0 Å². The summed E-state index contributed by atoms with van der Waals surface area (Å²) < 4.78 is 16.2. The molecule has 0 spiro atoms. The molecule has 5 nitrogen and oxygen atoms in total. The van der Waals surface area contributed by atoms with Crippen LogP contribution in [0.1, 0.15) is 13.3 Å². The molecule has 0 unspecified atom stereocenters. The summed E-state index contributed by atoms with van der Waals surface area (Å²) in [6, 6.07) is 15.2. The number of nitrogens with zero attached hydrogens (tertiary/aromatic N) is 2. The first kappa shape index (κ1) is 15.1. The molecule has 0 amide bonds. The van der Waals surface area contributed by atoms with Gasteiger partial charge >= 0.3 is 0 Å². The van der Waals surface area contributed by atoms with Gasteiger partial charge in [0.2, 0.25) is 5.82 Å².